The maximum atomic E-state index is 11.6. The molecule has 1 aliphatic rings. The molecule has 1 aromatic heterocycles. The number of methoxy groups -OCH3 is 1. The third kappa shape index (κ3) is 2.62. The zero-order valence-corrected chi connectivity index (χ0v) is 10.9. The van der Waals surface area contributed by atoms with E-state index in [-0.39, 0.29) is 23.3 Å². The molecule has 0 radical (unpaired) electrons. The number of nitrogens with zero attached hydrogens (tertiary/aromatic N) is 2. The molecule has 1 atom stereocenters. The Bertz CT molecular complexity index is 590. The summed E-state index contributed by atoms with van der Waals surface area (Å²) in [6, 6.07) is 5.33. The first-order valence-corrected chi connectivity index (χ1v) is 7.53. The number of aromatic nitrogens is 1. The fourth-order valence-electron chi connectivity index (χ4n) is 2.18. The van der Waals surface area contributed by atoms with Crippen molar-refractivity contribution in [1.29, 1.82) is 5.26 Å². The first-order valence-electron chi connectivity index (χ1n) is 5.71. The van der Waals surface area contributed by atoms with Crippen LogP contribution in [0.4, 0.5) is 0 Å². The first-order chi connectivity index (χ1) is 8.55. The molecule has 2 rings (SSSR count). The molecule has 18 heavy (non-hydrogen) atoms. The van der Waals surface area contributed by atoms with Gasteiger partial charge in [-0.2, -0.15) is 5.26 Å². The Balaban J connectivity index is 2.32. The van der Waals surface area contributed by atoms with Crippen LogP contribution in [-0.2, 0) is 9.84 Å². The molecule has 0 spiro atoms. The van der Waals surface area contributed by atoms with E-state index in [4.69, 9.17) is 10.00 Å². The lowest BCUT2D eigenvalue weighted by Crippen LogP contribution is -2.24. The van der Waals surface area contributed by atoms with Crippen molar-refractivity contribution < 1.29 is 13.2 Å². The molecular weight excluding hydrogens is 252 g/mol. The molecule has 96 valence electrons. The Morgan fingerprint density at radius 3 is 2.89 bits per heavy atom. The standard InChI is InChI=1S/C12H14N2O3S/c1-17-12-9(7-13)4-5-11(14-12)10-3-2-6-18(15,16)8-10/h4-5,10H,2-3,6,8H2,1H3. The highest BCUT2D eigenvalue weighted by atomic mass is 32.2. The van der Waals surface area contributed by atoms with Gasteiger partial charge in [0.15, 0.2) is 9.84 Å². The maximum absolute atomic E-state index is 11.6. The van der Waals surface area contributed by atoms with Crippen LogP contribution in [0.5, 0.6) is 5.88 Å². The normalized spacial score (nSPS) is 22.1. The van der Waals surface area contributed by atoms with Crippen LogP contribution in [0.2, 0.25) is 0 Å². The van der Waals surface area contributed by atoms with Gasteiger partial charge in [-0.15, -0.1) is 0 Å². The van der Waals surface area contributed by atoms with Crippen molar-refractivity contribution in [2.45, 2.75) is 18.8 Å². The van der Waals surface area contributed by atoms with Crippen LogP contribution in [0.15, 0.2) is 12.1 Å². The molecule has 0 aliphatic carbocycles. The van der Waals surface area contributed by atoms with Crippen molar-refractivity contribution in [2.75, 3.05) is 18.6 Å². The summed E-state index contributed by atoms with van der Waals surface area (Å²) in [5.41, 5.74) is 1.05. The van der Waals surface area contributed by atoms with Crippen molar-refractivity contribution in [1.82, 2.24) is 4.98 Å². The van der Waals surface area contributed by atoms with E-state index in [0.29, 0.717) is 17.7 Å². The Kier molecular flexibility index (Phi) is 3.53. The average Bonchev–Trinajstić information content (AvgIpc) is 2.36. The van der Waals surface area contributed by atoms with Crippen molar-refractivity contribution in [2.24, 2.45) is 0 Å². The number of rotatable bonds is 2. The van der Waals surface area contributed by atoms with E-state index in [9.17, 15) is 8.42 Å². The number of ether oxygens (including phenoxy) is 1. The molecule has 0 N–H and O–H groups in total. The second-order valence-corrected chi connectivity index (χ2v) is 6.59. The minimum atomic E-state index is -2.96. The lowest BCUT2D eigenvalue weighted by Gasteiger charge is -2.21. The largest absolute Gasteiger partial charge is 0.480 e. The number of sulfone groups is 1. The predicted molar refractivity (Wildman–Crippen MR) is 66.1 cm³/mol. The SMILES string of the molecule is COc1nc(C2CCCS(=O)(=O)C2)ccc1C#N. The summed E-state index contributed by atoms with van der Waals surface area (Å²) in [5, 5.41) is 8.87. The van der Waals surface area contributed by atoms with E-state index in [1.807, 2.05) is 6.07 Å². The predicted octanol–water partition coefficient (Wildman–Crippen LogP) is 1.25. The van der Waals surface area contributed by atoms with Gasteiger partial charge in [-0.1, -0.05) is 0 Å². The van der Waals surface area contributed by atoms with Crippen molar-refractivity contribution in [3.8, 4) is 11.9 Å². The molecule has 2 heterocycles. The quantitative estimate of drug-likeness (QED) is 0.805. The van der Waals surface area contributed by atoms with E-state index >= 15 is 0 Å². The zero-order chi connectivity index (χ0) is 13.2. The highest BCUT2D eigenvalue weighted by Gasteiger charge is 2.27. The Labute approximate surface area is 106 Å². The van der Waals surface area contributed by atoms with Crippen LogP contribution < -0.4 is 4.74 Å². The molecule has 1 fully saturated rings. The smallest absolute Gasteiger partial charge is 0.231 e. The van der Waals surface area contributed by atoms with Gasteiger partial charge in [-0.25, -0.2) is 13.4 Å². The summed E-state index contributed by atoms with van der Waals surface area (Å²) in [7, 11) is -1.51. The lowest BCUT2D eigenvalue weighted by molar-refractivity contribution is 0.393. The van der Waals surface area contributed by atoms with Gasteiger partial charge < -0.3 is 4.74 Å². The molecule has 1 aromatic rings. The van der Waals surface area contributed by atoms with Gasteiger partial charge >= 0.3 is 0 Å². The first kappa shape index (κ1) is 12.8. The fraction of sp³-hybridized carbons (Fsp3) is 0.500. The van der Waals surface area contributed by atoms with Gasteiger partial charge in [-0.3, -0.25) is 0 Å². The molecule has 0 aromatic carbocycles. The summed E-state index contributed by atoms with van der Waals surface area (Å²) in [5.74, 6) is 0.565. The average molecular weight is 266 g/mol. The van der Waals surface area contributed by atoms with Gasteiger partial charge in [0, 0.05) is 11.6 Å². The monoisotopic (exact) mass is 266 g/mol. The summed E-state index contributed by atoms with van der Waals surface area (Å²) in [4.78, 5) is 4.24. The fourth-order valence-corrected chi connectivity index (χ4v) is 3.90. The van der Waals surface area contributed by atoms with Crippen LogP contribution in [-0.4, -0.2) is 32.0 Å². The lowest BCUT2D eigenvalue weighted by atomic mass is 10.0. The minimum absolute atomic E-state index is 0.0922. The van der Waals surface area contributed by atoms with Gasteiger partial charge in [0.25, 0.3) is 0 Å². The molecule has 1 unspecified atom stereocenters. The minimum Gasteiger partial charge on any atom is -0.480 e. The summed E-state index contributed by atoms with van der Waals surface area (Å²) in [6.45, 7) is 0. The van der Waals surface area contributed by atoms with Crippen molar-refractivity contribution in [3.63, 3.8) is 0 Å². The van der Waals surface area contributed by atoms with Gasteiger partial charge in [-0.05, 0) is 25.0 Å². The number of pyridine rings is 1. The molecule has 0 amide bonds. The summed E-state index contributed by atoms with van der Waals surface area (Å²) < 4.78 is 28.2. The van der Waals surface area contributed by atoms with Crippen LogP contribution in [0.25, 0.3) is 0 Å². The van der Waals surface area contributed by atoms with Crippen LogP contribution >= 0.6 is 0 Å². The Morgan fingerprint density at radius 2 is 2.28 bits per heavy atom. The maximum Gasteiger partial charge on any atom is 0.231 e. The van der Waals surface area contributed by atoms with Gasteiger partial charge in [0.1, 0.15) is 11.6 Å². The van der Waals surface area contributed by atoms with E-state index in [1.54, 1.807) is 12.1 Å². The van der Waals surface area contributed by atoms with E-state index in [2.05, 4.69) is 4.98 Å². The zero-order valence-electron chi connectivity index (χ0n) is 10.1. The topological polar surface area (TPSA) is 80.0 Å². The van der Waals surface area contributed by atoms with E-state index in [0.717, 1.165) is 6.42 Å². The molecule has 0 saturated carbocycles. The van der Waals surface area contributed by atoms with Crippen LogP contribution in [0.3, 0.4) is 0 Å². The number of nitriles is 1. The highest BCUT2D eigenvalue weighted by molar-refractivity contribution is 7.91. The summed E-state index contributed by atoms with van der Waals surface area (Å²) in [6.07, 6.45) is 1.47. The van der Waals surface area contributed by atoms with Gasteiger partial charge in [0.2, 0.25) is 5.88 Å². The Hall–Kier alpha value is -1.61. The van der Waals surface area contributed by atoms with Crippen LogP contribution in [0, 0.1) is 11.3 Å². The number of hydrogen-bond donors (Lipinski definition) is 0. The van der Waals surface area contributed by atoms with E-state index < -0.39 is 9.84 Å². The third-order valence-corrected chi connectivity index (χ3v) is 4.90. The van der Waals surface area contributed by atoms with E-state index in [1.165, 1.54) is 7.11 Å². The molecule has 6 heteroatoms. The summed E-state index contributed by atoms with van der Waals surface area (Å²) >= 11 is 0. The molecule has 5 nitrogen and oxygen atoms in total. The Morgan fingerprint density at radius 1 is 1.50 bits per heavy atom. The highest BCUT2D eigenvalue weighted by Crippen LogP contribution is 2.29. The number of hydrogen-bond acceptors (Lipinski definition) is 5. The molecule has 0 bridgehead atoms. The second kappa shape index (κ2) is 4.94. The molecular formula is C12H14N2O3S. The second-order valence-electron chi connectivity index (χ2n) is 4.36. The third-order valence-electron chi connectivity index (χ3n) is 3.08. The molecule has 1 saturated heterocycles. The van der Waals surface area contributed by atoms with Crippen LogP contribution in [0.1, 0.15) is 30.0 Å². The van der Waals surface area contributed by atoms with Gasteiger partial charge in [0.05, 0.1) is 18.6 Å². The van der Waals surface area contributed by atoms with Crippen molar-refractivity contribution in [3.05, 3.63) is 23.4 Å². The molecule has 1 aliphatic heterocycles. The van der Waals surface area contributed by atoms with Crippen molar-refractivity contribution >= 4 is 9.84 Å².